The quantitative estimate of drug-likeness (QED) is 0.469. The Morgan fingerprint density at radius 2 is 1.85 bits per heavy atom. The number of aromatic nitrogens is 3. The number of rotatable bonds is 6. The van der Waals surface area contributed by atoms with Gasteiger partial charge < -0.3 is 10.6 Å². The molecule has 3 aromatic rings. The number of ether oxygens (including phenoxy) is 1. The fourth-order valence-electron chi connectivity index (χ4n) is 2.41. The van der Waals surface area contributed by atoms with Crippen molar-refractivity contribution in [3.05, 3.63) is 69.0 Å². The first kappa shape index (κ1) is 18.9. The van der Waals surface area contributed by atoms with Crippen molar-refractivity contribution in [3.63, 3.8) is 0 Å². The van der Waals surface area contributed by atoms with E-state index in [4.69, 9.17) is 33.8 Å². The van der Waals surface area contributed by atoms with Gasteiger partial charge in [0.2, 0.25) is 5.16 Å². The monoisotopic (exact) mass is 408 g/mol. The second-order valence-electron chi connectivity index (χ2n) is 5.82. The summed E-state index contributed by atoms with van der Waals surface area (Å²) in [4.78, 5) is 0. The van der Waals surface area contributed by atoms with Crippen LogP contribution in [0.2, 0.25) is 10.0 Å². The summed E-state index contributed by atoms with van der Waals surface area (Å²) in [5.74, 6) is 7.98. The van der Waals surface area contributed by atoms with Crippen molar-refractivity contribution >= 4 is 35.0 Å². The molecule has 0 aliphatic carbocycles. The van der Waals surface area contributed by atoms with E-state index in [1.54, 1.807) is 12.1 Å². The fraction of sp³-hybridized carbons (Fsp3) is 0.222. The van der Waals surface area contributed by atoms with E-state index in [0.29, 0.717) is 26.8 Å². The van der Waals surface area contributed by atoms with Gasteiger partial charge in [0.05, 0.1) is 0 Å². The van der Waals surface area contributed by atoms with Crippen molar-refractivity contribution in [1.82, 2.24) is 14.9 Å². The molecule has 0 fully saturated rings. The Labute approximate surface area is 166 Å². The largest absolute Gasteiger partial charge is 0.485 e. The van der Waals surface area contributed by atoms with Gasteiger partial charge in [0.15, 0.2) is 5.82 Å². The zero-order valence-corrected chi connectivity index (χ0v) is 16.7. The maximum Gasteiger partial charge on any atom is 0.210 e. The predicted molar refractivity (Wildman–Crippen MR) is 106 cm³/mol. The van der Waals surface area contributed by atoms with Gasteiger partial charge in [-0.15, -0.1) is 10.2 Å². The summed E-state index contributed by atoms with van der Waals surface area (Å²) in [6.07, 6.45) is 0. The summed E-state index contributed by atoms with van der Waals surface area (Å²) in [6.45, 7) is 4.28. The van der Waals surface area contributed by atoms with Crippen LogP contribution in [0.25, 0.3) is 0 Å². The molecule has 0 aliphatic rings. The third-order valence-corrected chi connectivity index (χ3v) is 5.51. The molecule has 1 heterocycles. The van der Waals surface area contributed by atoms with Crippen molar-refractivity contribution < 1.29 is 4.74 Å². The molecule has 0 amide bonds. The van der Waals surface area contributed by atoms with E-state index in [2.05, 4.69) is 16.3 Å². The molecule has 0 saturated carbocycles. The molecule has 2 N–H and O–H groups in total. The number of nitrogen functional groups attached to an aromatic ring is 1. The third kappa shape index (κ3) is 4.26. The molecule has 5 nitrogen and oxygen atoms in total. The lowest BCUT2D eigenvalue weighted by molar-refractivity contribution is 0.289. The molecule has 0 unspecified atom stereocenters. The average Bonchev–Trinajstić information content (AvgIpc) is 2.94. The second-order valence-corrected chi connectivity index (χ2v) is 7.57. The summed E-state index contributed by atoms with van der Waals surface area (Å²) >= 11 is 13.8. The van der Waals surface area contributed by atoms with Crippen LogP contribution in [-0.4, -0.2) is 14.9 Å². The molecule has 8 heteroatoms. The lowest BCUT2D eigenvalue weighted by Gasteiger charge is -2.10. The molecule has 0 atom stereocenters. The molecule has 136 valence electrons. The molecule has 1 aromatic heterocycles. The molecule has 0 spiro atoms. The number of thioether (sulfide) groups is 1. The molecule has 2 aromatic carbocycles. The van der Waals surface area contributed by atoms with Gasteiger partial charge in [0.25, 0.3) is 0 Å². The molecule has 0 saturated heterocycles. The Bertz CT molecular complexity index is 909. The van der Waals surface area contributed by atoms with Gasteiger partial charge in [-0.1, -0.05) is 58.7 Å². The summed E-state index contributed by atoms with van der Waals surface area (Å²) in [6, 6.07) is 11.4. The average molecular weight is 409 g/mol. The minimum absolute atomic E-state index is 0.237. The minimum atomic E-state index is 0.237. The van der Waals surface area contributed by atoms with Crippen LogP contribution in [0, 0.1) is 13.8 Å². The fourth-order valence-corrected chi connectivity index (χ4v) is 4.03. The van der Waals surface area contributed by atoms with Crippen molar-refractivity contribution in [2.45, 2.75) is 31.4 Å². The first-order valence-electron chi connectivity index (χ1n) is 7.91. The van der Waals surface area contributed by atoms with E-state index in [1.165, 1.54) is 22.0 Å². The maximum absolute atomic E-state index is 6.19. The second kappa shape index (κ2) is 8.20. The van der Waals surface area contributed by atoms with Crippen molar-refractivity contribution in [2.75, 3.05) is 5.84 Å². The molecular weight excluding hydrogens is 391 g/mol. The number of halogens is 2. The number of nitrogens with zero attached hydrogens (tertiary/aromatic N) is 3. The van der Waals surface area contributed by atoms with Crippen LogP contribution in [-0.2, 0) is 12.4 Å². The van der Waals surface area contributed by atoms with Gasteiger partial charge in [0, 0.05) is 15.8 Å². The van der Waals surface area contributed by atoms with Crippen LogP contribution in [0.5, 0.6) is 5.75 Å². The van der Waals surface area contributed by atoms with Crippen LogP contribution < -0.4 is 10.6 Å². The highest BCUT2D eigenvalue weighted by Crippen LogP contribution is 2.30. The number of hydrogen-bond acceptors (Lipinski definition) is 5. The summed E-state index contributed by atoms with van der Waals surface area (Å²) < 4.78 is 7.25. The van der Waals surface area contributed by atoms with Gasteiger partial charge in [-0.25, -0.2) is 4.68 Å². The van der Waals surface area contributed by atoms with Crippen LogP contribution in [0.1, 0.15) is 22.5 Å². The minimum Gasteiger partial charge on any atom is -0.485 e. The van der Waals surface area contributed by atoms with Gasteiger partial charge in [-0.05, 0) is 43.2 Å². The summed E-state index contributed by atoms with van der Waals surface area (Å²) in [7, 11) is 0. The maximum atomic E-state index is 6.19. The topological polar surface area (TPSA) is 66.0 Å². The molecule has 0 bridgehead atoms. The van der Waals surface area contributed by atoms with E-state index in [0.717, 1.165) is 16.9 Å². The Kier molecular flexibility index (Phi) is 5.96. The lowest BCUT2D eigenvalue weighted by Crippen LogP contribution is -2.16. The number of aryl methyl sites for hydroxylation is 2. The first-order chi connectivity index (χ1) is 12.5. The standard InChI is InChI=1S/C18H18Cl2N4OS/c1-11-6-7-16(12(2)8-11)25-9-17-22-23-18(24(17)21)26-10-13-14(19)4-3-5-15(13)20/h3-8H,9-10,21H2,1-2H3. The number of benzene rings is 2. The lowest BCUT2D eigenvalue weighted by atomic mass is 10.1. The van der Waals surface area contributed by atoms with E-state index >= 15 is 0 Å². The zero-order chi connectivity index (χ0) is 18.7. The summed E-state index contributed by atoms with van der Waals surface area (Å²) in [5, 5.41) is 10.0. The third-order valence-electron chi connectivity index (χ3n) is 3.83. The smallest absolute Gasteiger partial charge is 0.210 e. The van der Waals surface area contributed by atoms with E-state index < -0.39 is 0 Å². The Morgan fingerprint density at radius 3 is 2.54 bits per heavy atom. The SMILES string of the molecule is Cc1ccc(OCc2nnc(SCc3c(Cl)cccc3Cl)n2N)c(C)c1. The first-order valence-corrected chi connectivity index (χ1v) is 9.65. The molecule has 0 aliphatic heterocycles. The van der Waals surface area contributed by atoms with Crippen LogP contribution >= 0.6 is 35.0 Å². The van der Waals surface area contributed by atoms with Crippen molar-refractivity contribution in [3.8, 4) is 5.75 Å². The van der Waals surface area contributed by atoms with Gasteiger partial charge in [-0.2, -0.15) is 0 Å². The molecule has 26 heavy (non-hydrogen) atoms. The van der Waals surface area contributed by atoms with Gasteiger partial charge >= 0.3 is 0 Å². The Morgan fingerprint density at radius 1 is 1.12 bits per heavy atom. The molecular formula is C18H18Cl2N4OS. The Balaban J connectivity index is 1.66. The number of nitrogens with two attached hydrogens (primary N) is 1. The Hall–Kier alpha value is -1.89. The van der Waals surface area contributed by atoms with E-state index in [1.807, 2.05) is 32.0 Å². The van der Waals surface area contributed by atoms with Crippen LogP contribution in [0.3, 0.4) is 0 Å². The van der Waals surface area contributed by atoms with Gasteiger partial charge in [0.1, 0.15) is 12.4 Å². The molecule has 0 radical (unpaired) electrons. The number of hydrogen-bond donors (Lipinski definition) is 1. The van der Waals surface area contributed by atoms with E-state index in [-0.39, 0.29) is 6.61 Å². The summed E-state index contributed by atoms with van der Waals surface area (Å²) in [5.41, 5.74) is 3.10. The normalized spacial score (nSPS) is 10.9. The van der Waals surface area contributed by atoms with Gasteiger partial charge in [-0.3, -0.25) is 0 Å². The predicted octanol–water partition coefficient (Wildman–Crippen LogP) is 4.79. The van der Waals surface area contributed by atoms with Crippen molar-refractivity contribution in [1.29, 1.82) is 0 Å². The van der Waals surface area contributed by atoms with E-state index in [9.17, 15) is 0 Å². The van der Waals surface area contributed by atoms with Crippen LogP contribution in [0.15, 0.2) is 41.6 Å². The zero-order valence-electron chi connectivity index (χ0n) is 14.4. The molecule has 3 rings (SSSR count). The highest BCUT2D eigenvalue weighted by Gasteiger charge is 2.13. The van der Waals surface area contributed by atoms with Crippen molar-refractivity contribution in [2.24, 2.45) is 0 Å². The highest BCUT2D eigenvalue weighted by atomic mass is 35.5. The van der Waals surface area contributed by atoms with Crippen LogP contribution in [0.4, 0.5) is 0 Å². The highest BCUT2D eigenvalue weighted by molar-refractivity contribution is 7.98.